The zero-order valence-electron chi connectivity index (χ0n) is 14.9. The summed E-state index contributed by atoms with van der Waals surface area (Å²) in [7, 11) is 0. The second-order valence-electron chi connectivity index (χ2n) is 7.09. The number of piperidine rings is 1. The molecule has 2 aromatic heterocycles. The molecule has 1 aliphatic heterocycles. The van der Waals surface area contributed by atoms with Crippen LogP contribution in [0.25, 0.3) is 21.0 Å². The molecule has 1 fully saturated rings. The van der Waals surface area contributed by atoms with Gasteiger partial charge >= 0.3 is 0 Å². The summed E-state index contributed by atoms with van der Waals surface area (Å²) in [4.78, 5) is 19.8. The maximum absolute atomic E-state index is 12.7. The molecule has 0 saturated carbocycles. The van der Waals surface area contributed by atoms with Crippen molar-refractivity contribution in [3.05, 3.63) is 70.1 Å². The summed E-state index contributed by atoms with van der Waals surface area (Å²) in [6.07, 6.45) is 3.93. The zero-order valence-corrected chi connectivity index (χ0v) is 15.7. The third-order valence-corrected chi connectivity index (χ3v) is 6.54. The molecule has 0 bridgehead atoms. The number of para-hydroxylation sites is 1. The quantitative estimate of drug-likeness (QED) is 0.545. The number of hydrogen-bond donors (Lipinski definition) is 0. The monoisotopic (exact) mass is 376 g/mol. The van der Waals surface area contributed by atoms with Crippen LogP contribution in [0.3, 0.4) is 0 Å². The lowest BCUT2D eigenvalue weighted by Gasteiger charge is -2.30. The first kappa shape index (κ1) is 16.6. The highest BCUT2D eigenvalue weighted by Crippen LogP contribution is 2.33. The predicted molar refractivity (Wildman–Crippen MR) is 109 cm³/mol. The average Bonchev–Trinajstić information content (AvgIpc) is 3.15. The van der Waals surface area contributed by atoms with Gasteiger partial charge in [-0.05, 0) is 31.0 Å². The molecule has 5 nitrogen and oxygen atoms in total. The van der Waals surface area contributed by atoms with E-state index in [1.807, 2.05) is 41.7 Å². The number of benzene rings is 2. The van der Waals surface area contributed by atoms with Gasteiger partial charge in [-0.2, -0.15) is 5.10 Å². The van der Waals surface area contributed by atoms with Gasteiger partial charge in [-0.1, -0.05) is 30.3 Å². The molecule has 2 aromatic carbocycles. The molecular weight excluding hydrogens is 356 g/mol. The van der Waals surface area contributed by atoms with E-state index in [4.69, 9.17) is 4.98 Å². The fourth-order valence-electron chi connectivity index (χ4n) is 3.80. The fourth-order valence-corrected chi connectivity index (χ4v) is 4.94. The van der Waals surface area contributed by atoms with Crippen LogP contribution in [-0.4, -0.2) is 32.8 Å². The largest absolute Gasteiger partial charge is 0.284 e. The lowest BCUT2D eigenvalue weighted by atomic mass is 9.98. The number of thiazole rings is 1. The molecule has 4 aromatic rings. The molecule has 5 rings (SSSR count). The van der Waals surface area contributed by atoms with Gasteiger partial charge in [0.15, 0.2) is 0 Å². The number of fused-ring (bicyclic) bond motifs is 2. The van der Waals surface area contributed by atoms with Crippen LogP contribution >= 0.6 is 11.3 Å². The molecule has 1 aliphatic rings. The number of likely N-dealkylation sites (tertiary alicyclic amines) is 1. The van der Waals surface area contributed by atoms with Crippen LogP contribution in [0.15, 0.2) is 59.5 Å². The van der Waals surface area contributed by atoms with Gasteiger partial charge in [-0.3, -0.25) is 9.69 Å². The second-order valence-corrected chi connectivity index (χ2v) is 8.15. The highest BCUT2D eigenvalue weighted by Gasteiger charge is 2.23. The van der Waals surface area contributed by atoms with Crippen molar-refractivity contribution in [2.75, 3.05) is 13.1 Å². The van der Waals surface area contributed by atoms with E-state index in [9.17, 15) is 4.79 Å². The van der Waals surface area contributed by atoms with Crippen molar-refractivity contribution in [3.8, 4) is 0 Å². The second kappa shape index (κ2) is 6.87. The van der Waals surface area contributed by atoms with Gasteiger partial charge < -0.3 is 0 Å². The zero-order chi connectivity index (χ0) is 18.2. The Kier molecular flexibility index (Phi) is 4.22. The SMILES string of the molecule is O=c1c2ccccc2cnn1CN1CCC(c2nc3ccccc3s2)CC1. The van der Waals surface area contributed by atoms with Crippen molar-refractivity contribution in [2.45, 2.75) is 25.4 Å². The Morgan fingerprint density at radius 3 is 2.67 bits per heavy atom. The Morgan fingerprint density at radius 1 is 1.04 bits per heavy atom. The summed E-state index contributed by atoms with van der Waals surface area (Å²) in [5, 5.41) is 7.24. The van der Waals surface area contributed by atoms with E-state index in [0.29, 0.717) is 12.6 Å². The molecule has 27 heavy (non-hydrogen) atoms. The summed E-state index contributed by atoms with van der Waals surface area (Å²) < 4.78 is 2.85. The minimum Gasteiger partial charge on any atom is -0.284 e. The molecule has 0 radical (unpaired) electrons. The Hall–Kier alpha value is -2.57. The average molecular weight is 376 g/mol. The molecule has 0 atom stereocenters. The normalized spacial score (nSPS) is 16.3. The number of hydrogen-bond acceptors (Lipinski definition) is 5. The molecule has 3 heterocycles. The molecule has 0 aliphatic carbocycles. The Labute approximate surface area is 160 Å². The summed E-state index contributed by atoms with van der Waals surface area (Å²) >= 11 is 1.82. The van der Waals surface area contributed by atoms with E-state index in [1.165, 1.54) is 9.71 Å². The topological polar surface area (TPSA) is 51.0 Å². The first-order valence-electron chi connectivity index (χ1n) is 9.30. The van der Waals surface area contributed by atoms with Crippen molar-refractivity contribution in [3.63, 3.8) is 0 Å². The molecule has 0 unspecified atom stereocenters. The maximum Gasteiger partial charge on any atom is 0.275 e. The molecular formula is C21H20N4OS. The van der Waals surface area contributed by atoms with Gasteiger partial charge in [-0.15, -0.1) is 11.3 Å². The van der Waals surface area contributed by atoms with Gasteiger partial charge in [-0.25, -0.2) is 9.67 Å². The van der Waals surface area contributed by atoms with Crippen LogP contribution in [0.2, 0.25) is 0 Å². The van der Waals surface area contributed by atoms with Crippen molar-refractivity contribution >= 4 is 32.3 Å². The predicted octanol–water partition coefficient (Wildman–Crippen LogP) is 3.84. The Morgan fingerprint density at radius 2 is 1.81 bits per heavy atom. The summed E-state index contributed by atoms with van der Waals surface area (Å²) in [5.74, 6) is 0.514. The van der Waals surface area contributed by atoms with Gasteiger partial charge in [0.25, 0.3) is 5.56 Å². The van der Waals surface area contributed by atoms with Gasteiger partial charge in [0, 0.05) is 24.4 Å². The van der Waals surface area contributed by atoms with Crippen LogP contribution in [0, 0.1) is 0 Å². The van der Waals surface area contributed by atoms with E-state index in [0.717, 1.165) is 42.2 Å². The molecule has 0 amide bonds. The van der Waals surface area contributed by atoms with E-state index in [1.54, 1.807) is 10.9 Å². The molecule has 0 N–H and O–H groups in total. The van der Waals surface area contributed by atoms with Crippen LogP contribution in [0.5, 0.6) is 0 Å². The Balaban J connectivity index is 1.29. The van der Waals surface area contributed by atoms with E-state index in [-0.39, 0.29) is 5.56 Å². The number of nitrogens with zero attached hydrogens (tertiary/aromatic N) is 4. The highest BCUT2D eigenvalue weighted by atomic mass is 32.1. The minimum atomic E-state index is -0.0126. The van der Waals surface area contributed by atoms with Crippen LogP contribution in [0.4, 0.5) is 0 Å². The van der Waals surface area contributed by atoms with Crippen LogP contribution in [-0.2, 0) is 6.67 Å². The summed E-state index contributed by atoms with van der Waals surface area (Å²) in [6.45, 7) is 2.47. The van der Waals surface area contributed by atoms with Crippen molar-refractivity contribution in [1.82, 2.24) is 19.7 Å². The number of rotatable bonds is 3. The summed E-state index contributed by atoms with van der Waals surface area (Å²) in [6, 6.07) is 16.0. The smallest absolute Gasteiger partial charge is 0.275 e. The van der Waals surface area contributed by atoms with Gasteiger partial charge in [0.05, 0.1) is 33.5 Å². The molecule has 0 spiro atoms. The molecule has 1 saturated heterocycles. The lowest BCUT2D eigenvalue weighted by molar-refractivity contribution is 0.158. The van der Waals surface area contributed by atoms with E-state index in [2.05, 4.69) is 28.2 Å². The van der Waals surface area contributed by atoms with Crippen molar-refractivity contribution in [2.24, 2.45) is 0 Å². The van der Waals surface area contributed by atoms with Crippen LogP contribution in [0.1, 0.15) is 23.8 Å². The standard InChI is InChI=1S/C21H20N4OS/c26-21-17-6-2-1-5-16(17)13-22-25(21)14-24-11-9-15(10-12-24)20-23-18-7-3-4-8-19(18)27-20/h1-8,13,15H,9-12,14H2. The first-order chi connectivity index (χ1) is 13.3. The minimum absolute atomic E-state index is 0.0126. The van der Waals surface area contributed by atoms with Gasteiger partial charge in [0.2, 0.25) is 0 Å². The van der Waals surface area contributed by atoms with Gasteiger partial charge in [0.1, 0.15) is 0 Å². The molecule has 136 valence electrons. The van der Waals surface area contributed by atoms with Crippen molar-refractivity contribution in [1.29, 1.82) is 0 Å². The third kappa shape index (κ3) is 3.15. The summed E-state index contributed by atoms with van der Waals surface area (Å²) in [5.41, 5.74) is 1.09. The molecule has 6 heteroatoms. The number of aromatic nitrogens is 3. The third-order valence-electron chi connectivity index (χ3n) is 5.34. The fraction of sp³-hybridized carbons (Fsp3) is 0.286. The maximum atomic E-state index is 12.7. The van der Waals surface area contributed by atoms with Crippen LogP contribution < -0.4 is 5.56 Å². The van der Waals surface area contributed by atoms with Crippen molar-refractivity contribution < 1.29 is 0 Å². The Bertz CT molecular complexity index is 1120. The van der Waals surface area contributed by atoms with E-state index < -0.39 is 0 Å². The first-order valence-corrected chi connectivity index (χ1v) is 10.1. The lowest BCUT2D eigenvalue weighted by Crippen LogP contribution is -2.38. The van der Waals surface area contributed by atoms with E-state index >= 15 is 0 Å². The highest BCUT2D eigenvalue weighted by molar-refractivity contribution is 7.18.